The normalized spacial score (nSPS) is 10.5. The van der Waals surface area contributed by atoms with E-state index in [9.17, 15) is 5.11 Å². The summed E-state index contributed by atoms with van der Waals surface area (Å²) in [5.41, 5.74) is 1.47. The number of aromatic nitrogens is 3. The number of ether oxygens (including phenoxy) is 1. The summed E-state index contributed by atoms with van der Waals surface area (Å²) < 4.78 is 11.3. The van der Waals surface area contributed by atoms with E-state index in [1.807, 2.05) is 66.7 Å². The van der Waals surface area contributed by atoms with E-state index in [-0.39, 0.29) is 5.75 Å². The number of hydrogen-bond donors (Lipinski definition) is 4. The predicted molar refractivity (Wildman–Crippen MR) is 133 cm³/mol. The maximum absolute atomic E-state index is 9.54. The van der Waals surface area contributed by atoms with Gasteiger partial charge in [-0.05, 0) is 60.7 Å². The van der Waals surface area contributed by atoms with Crippen molar-refractivity contribution >= 4 is 29.2 Å². The van der Waals surface area contributed by atoms with Crippen LogP contribution in [-0.4, -0.2) is 20.1 Å². The molecule has 0 aliphatic rings. The molecule has 0 amide bonds. The summed E-state index contributed by atoms with van der Waals surface area (Å²) in [6, 6.07) is 27.4. The molecule has 0 radical (unpaired) electrons. The van der Waals surface area contributed by atoms with Gasteiger partial charge in [0.2, 0.25) is 17.8 Å². The molecule has 5 rings (SSSR count). The van der Waals surface area contributed by atoms with Crippen molar-refractivity contribution in [2.45, 2.75) is 6.54 Å². The van der Waals surface area contributed by atoms with Crippen molar-refractivity contribution in [1.29, 1.82) is 0 Å². The fraction of sp³-hybridized carbons (Fsp3) is 0.0385. The lowest BCUT2D eigenvalue weighted by Gasteiger charge is -2.12. The van der Waals surface area contributed by atoms with E-state index in [4.69, 9.17) is 9.15 Å². The van der Waals surface area contributed by atoms with Gasteiger partial charge < -0.3 is 30.2 Å². The molecule has 0 atom stereocenters. The van der Waals surface area contributed by atoms with Gasteiger partial charge in [-0.2, -0.15) is 15.0 Å². The van der Waals surface area contributed by atoms with E-state index < -0.39 is 0 Å². The Hall–Kier alpha value is -5.05. The summed E-state index contributed by atoms with van der Waals surface area (Å²) in [5.74, 6) is 3.36. The number of aromatic hydroxyl groups is 1. The van der Waals surface area contributed by atoms with Crippen molar-refractivity contribution in [3.63, 3.8) is 0 Å². The van der Waals surface area contributed by atoms with Crippen LogP contribution >= 0.6 is 0 Å². The average molecular weight is 467 g/mol. The van der Waals surface area contributed by atoms with Crippen LogP contribution in [0.2, 0.25) is 0 Å². The highest BCUT2D eigenvalue weighted by atomic mass is 16.5. The zero-order valence-electron chi connectivity index (χ0n) is 18.6. The molecular weight excluding hydrogens is 444 g/mol. The Kier molecular flexibility index (Phi) is 6.38. The number of anilines is 5. The molecule has 4 N–H and O–H groups in total. The van der Waals surface area contributed by atoms with Gasteiger partial charge >= 0.3 is 0 Å². The van der Waals surface area contributed by atoms with Crippen LogP contribution in [0, 0.1) is 0 Å². The number of rotatable bonds is 9. The predicted octanol–water partition coefficient (Wildman–Crippen LogP) is 6.06. The minimum atomic E-state index is 0.173. The molecule has 35 heavy (non-hydrogen) atoms. The Morgan fingerprint density at radius 3 is 2.14 bits per heavy atom. The number of hydrogen-bond acceptors (Lipinski definition) is 9. The van der Waals surface area contributed by atoms with Gasteiger partial charge in [-0.1, -0.05) is 24.3 Å². The molecule has 2 aromatic heterocycles. The van der Waals surface area contributed by atoms with Crippen molar-refractivity contribution in [3.8, 4) is 17.2 Å². The zero-order valence-corrected chi connectivity index (χ0v) is 18.6. The maximum atomic E-state index is 9.54. The molecule has 9 heteroatoms. The van der Waals surface area contributed by atoms with Gasteiger partial charge in [-0.15, -0.1) is 0 Å². The van der Waals surface area contributed by atoms with E-state index in [1.54, 1.807) is 30.5 Å². The zero-order chi connectivity index (χ0) is 23.9. The van der Waals surface area contributed by atoms with Gasteiger partial charge in [0.15, 0.2) is 0 Å². The second-order valence-corrected chi connectivity index (χ2v) is 7.48. The Morgan fingerprint density at radius 2 is 1.40 bits per heavy atom. The monoisotopic (exact) mass is 466 g/mol. The molecule has 0 fully saturated rings. The Bertz CT molecular complexity index is 1380. The molecule has 0 aliphatic heterocycles. The highest BCUT2D eigenvalue weighted by Crippen LogP contribution is 2.26. The molecule has 0 bridgehead atoms. The number of para-hydroxylation sites is 1. The molecule has 0 aliphatic carbocycles. The van der Waals surface area contributed by atoms with Crippen molar-refractivity contribution in [3.05, 3.63) is 103 Å². The molecular formula is C26H22N6O3. The molecule has 174 valence electrons. The fourth-order valence-corrected chi connectivity index (χ4v) is 3.21. The summed E-state index contributed by atoms with van der Waals surface area (Å²) in [7, 11) is 0. The number of phenols is 1. The van der Waals surface area contributed by atoms with Gasteiger partial charge in [0, 0.05) is 17.4 Å². The quantitative estimate of drug-likeness (QED) is 0.192. The number of phenolic OH excluding ortho intramolecular Hbond substituents is 1. The summed E-state index contributed by atoms with van der Waals surface area (Å²) in [5, 5.41) is 19.0. The van der Waals surface area contributed by atoms with E-state index in [0.717, 1.165) is 22.9 Å². The van der Waals surface area contributed by atoms with E-state index in [0.29, 0.717) is 30.1 Å². The van der Waals surface area contributed by atoms with Gasteiger partial charge in [-0.25, -0.2) is 0 Å². The molecule has 0 spiro atoms. The van der Waals surface area contributed by atoms with Crippen LogP contribution < -0.4 is 20.7 Å². The van der Waals surface area contributed by atoms with Crippen LogP contribution in [0.15, 0.2) is 102 Å². The lowest BCUT2D eigenvalue weighted by Crippen LogP contribution is -2.09. The van der Waals surface area contributed by atoms with E-state index in [1.165, 1.54) is 0 Å². The van der Waals surface area contributed by atoms with Crippen molar-refractivity contribution in [2.24, 2.45) is 0 Å². The third-order valence-corrected chi connectivity index (χ3v) is 4.83. The first-order chi connectivity index (χ1) is 17.2. The topological polar surface area (TPSA) is 117 Å². The van der Waals surface area contributed by atoms with Crippen LogP contribution in [0.3, 0.4) is 0 Å². The second kappa shape index (κ2) is 10.3. The van der Waals surface area contributed by atoms with Crippen molar-refractivity contribution in [2.75, 3.05) is 16.0 Å². The highest BCUT2D eigenvalue weighted by molar-refractivity contribution is 5.60. The average Bonchev–Trinajstić information content (AvgIpc) is 3.39. The Labute approximate surface area is 201 Å². The van der Waals surface area contributed by atoms with Gasteiger partial charge in [0.05, 0.1) is 12.8 Å². The van der Waals surface area contributed by atoms with E-state index in [2.05, 4.69) is 30.9 Å². The highest BCUT2D eigenvalue weighted by Gasteiger charge is 2.09. The lowest BCUT2D eigenvalue weighted by atomic mass is 10.3. The third-order valence-electron chi connectivity index (χ3n) is 4.83. The first-order valence-corrected chi connectivity index (χ1v) is 10.9. The Morgan fingerprint density at radius 1 is 0.686 bits per heavy atom. The largest absolute Gasteiger partial charge is 0.508 e. The molecule has 9 nitrogen and oxygen atoms in total. The number of furan rings is 1. The van der Waals surface area contributed by atoms with Crippen molar-refractivity contribution < 1.29 is 14.3 Å². The van der Waals surface area contributed by atoms with Crippen LogP contribution in [0.25, 0.3) is 0 Å². The Balaban J connectivity index is 1.38. The standard InChI is InChI=1S/C26H22N6O3/c33-20-13-11-18(12-14-20)28-25-30-24(27-17-23-10-5-15-34-23)31-26(32-25)29-19-6-4-9-22(16-19)35-21-7-2-1-3-8-21/h1-16,33H,17H2,(H3,27,28,29,30,31,32). The van der Waals surface area contributed by atoms with Gasteiger partial charge in [0.1, 0.15) is 23.0 Å². The summed E-state index contributed by atoms with van der Waals surface area (Å²) >= 11 is 0. The minimum Gasteiger partial charge on any atom is -0.508 e. The smallest absolute Gasteiger partial charge is 0.233 e. The minimum absolute atomic E-state index is 0.173. The van der Waals surface area contributed by atoms with Gasteiger partial charge in [0.25, 0.3) is 0 Å². The summed E-state index contributed by atoms with van der Waals surface area (Å²) in [4.78, 5) is 13.4. The van der Waals surface area contributed by atoms with Crippen LogP contribution in [0.4, 0.5) is 29.2 Å². The number of nitrogens with one attached hydrogen (secondary N) is 3. The SMILES string of the molecule is Oc1ccc(Nc2nc(NCc3ccco3)nc(Nc3cccc(Oc4ccccc4)c3)n2)cc1. The van der Waals surface area contributed by atoms with Crippen LogP contribution in [0.5, 0.6) is 17.2 Å². The molecule has 5 aromatic rings. The van der Waals surface area contributed by atoms with Crippen LogP contribution in [0.1, 0.15) is 5.76 Å². The molecule has 3 aromatic carbocycles. The molecule has 0 saturated carbocycles. The first kappa shape index (κ1) is 21.8. The number of nitrogens with zero attached hydrogens (tertiary/aromatic N) is 3. The van der Waals surface area contributed by atoms with Crippen molar-refractivity contribution in [1.82, 2.24) is 15.0 Å². The molecule has 0 saturated heterocycles. The summed E-state index contributed by atoms with van der Waals surface area (Å²) in [6.45, 7) is 0.412. The second-order valence-electron chi connectivity index (χ2n) is 7.48. The third kappa shape index (κ3) is 6.05. The summed E-state index contributed by atoms with van der Waals surface area (Å²) in [6.07, 6.45) is 1.61. The van der Waals surface area contributed by atoms with E-state index >= 15 is 0 Å². The maximum Gasteiger partial charge on any atom is 0.233 e. The fourth-order valence-electron chi connectivity index (χ4n) is 3.21. The van der Waals surface area contributed by atoms with Crippen LogP contribution in [-0.2, 0) is 6.54 Å². The van der Waals surface area contributed by atoms with Gasteiger partial charge in [-0.3, -0.25) is 0 Å². The molecule has 2 heterocycles. The lowest BCUT2D eigenvalue weighted by molar-refractivity contribution is 0.475. The first-order valence-electron chi connectivity index (χ1n) is 10.9. The molecule has 0 unspecified atom stereocenters. The number of benzene rings is 3.